The molecule has 0 radical (unpaired) electrons. The van der Waals surface area contributed by atoms with Gasteiger partial charge in [-0.05, 0) is 36.4 Å². The number of benzene rings is 2. The average molecular weight is 310 g/mol. The minimum atomic E-state index is -0.983. The molecule has 2 aromatic rings. The van der Waals surface area contributed by atoms with E-state index in [1.54, 1.807) is 7.11 Å². The van der Waals surface area contributed by atoms with Crippen molar-refractivity contribution in [2.45, 2.75) is 19.6 Å². The van der Waals surface area contributed by atoms with Gasteiger partial charge in [0.05, 0.1) is 7.11 Å². The highest BCUT2D eigenvalue weighted by molar-refractivity contribution is 5.96. The number of carbonyl (C=O) groups excluding carboxylic acids is 1. The van der Waals surface area contributed by atoms with E-state index in [0.29, 0.717) is 5.90 Å². The summed E-state index contributed by atoms with van der Waals surface area (Å²) in [7, 11) is 1.61. The van der Waals surface area contributed by atoms with E-state index < -0.39 is 5.72 Å². The van der Waals surface area contributed by atoms with Crippen LogP contribution in [0.2, 0.25) is 0 Å². The molecule has 0 unspecified atom stereocenters. The Morgan fingerprint density at radius 1 is 1.13 bits per heavy atom. The minimum absolute atomic E-state index is 0.186. The number of nitrogens with zero attached hydrogens (tertiary/aromatic N) is 2. The lowest BCUT2D eigenvalue weighted by Crippen LogP contribution is -2.41. The second kappa shape index (κ2) is 5.76. The summed E-state index contributed by atoms with van der Waals surface area (Å²) >= 11 is 0. The number of hydrogen-bond acceptors (Lipinski definition) is 4. The first-order valence-corrected chi connectivity index (χ1v) is 7.33. The first-order valence-electron chi connectivity index (χ1n) is 7.33. The third kappa shape index (κ3) is 2.65. The van der Waals surface area contributed by atoms with Crippen molar-refractivity contribution in [3.8, 4) is 5.75 Å². The third-order valence-electron chi connectivity index (χ3n) is 3.84. The van der Waals surface area contributed by atoms with E-state index in [1.165, 1.54) is 11.9 Å². The molecule has 0 spiro atoms. The maximum absolute atomic E-state index is 12.0. The van der Waals surface area contributed by atoms with Crippen molar-refractivity contribution < 1.29 is 14.3 Å². The van der Waals surface area contributed by atoms with Crippen molar-refractivity contribution in [1.82, 2.24) is 5.01 Å². The predicted octanol–water partition coefficient (Wildman–Crippen LogP) is 3.11. The lowest BCUT2D eigenvalue weighted by Gasteiger charge is -2.31. The van der Waals surface area contributed by atoms with Crippen LogP contribution in [0.1, 0.15) is 25.0 Å². The second-order valence-electron chi connectivity index (χ2n) is 5.42. The number of methoxy groups -OCH3 is 1. The van der Waals surface area contributed by atoms with E-state index in [1.807, 2.05) is 61.5 Å². The lowest BCUT2D eigenvalue weighted by molar-refractivity contribution is -0.146. The molecular weight excluding hydrogens is 292 g/mol. The van der Waals surface area contributed by atoms with Gasteiger partial charge in [-0.3, -0.25) is 4.79 Å². The minimum Gasteiger partial charge on any atom is -0.497 e. The van der Waals surface area contributed by atoms with Crippen LogP contribution in [0.4, 0.5) is 0 Å². The predicted molar refractivity (Wildman–Crippen MR) is 86.9 cm³/mol. The van der Waals surface area contributed by atoms with Gasteiger partial charge in [-0.15, -0.1) is 5.10 Å². The summed E-state index contributed by atoms with van der Waals surface area (Å²) in [6, 6.07) is 16.9. The molecule has 1 atom stereocenters. The Hall–Kier alpha value is -2.82. The molecule has 3 rings (SSSR count). The Labute approximate surface area is 135 Å². The van der Waals surface area contributed by atoms with Crippen LogP contribution < -0.4 is 4.74 Å². The van der Waals surface area contributed by atoms with Crippen LogP contribution in [0.25, 0.3) is 0 Å². The molecule has 0 fully saturated rings. The van der Waals surface area contributed by atoms with Crippen molar-refractivity contribution in [3.63, 3.8) is 0 Å². The molecule has 1 aliphatic rings. The number of amides is 1. The van der Waals surface area contributed by atoms with Crippen LogP contribution in [-0.4, -0.2) is 23.9 Å². The molecule has 0 aromatic heterocycles. The van der Waals surface area contributed by atoms with Gasteiger partial charge in [-0.2, -0.15) is 5.01 Å². The fourth-order valence-electron chi connectivity index (χ4n) is 2.59. The van der Waals surface area contributed by atoms with Crippen molar-refractivity contribution in [1.29, 1.82) is 0 Å². The summed E-state index contributed by atoms with van der Waals surface area (Å²) in [6.07, 6.45) is 0. The molecule has 1 amide bonds. The van der Waals surface area contributed by atoms with Crippen molar-refractivity contribution in [3.05, 3.63) is 65.7 Å². The largest absolute Gasteiger partial charge is 0.497 e. The zero-order valence-electron chi connectivity index (χ0n) is 13.3. The fourth-order valence-corrected chi connectivity index (χ4v) is 2.59. The summed E-state index contributed by atoms with van der Waals surface area (Å²) < 4.78 is 11.3. The van der Waals surface area contributed by atoms with Gasteiger partial charge >= 0.3 is 0 Å². The Morgan fingerprint density at radius 3 is 2.35 bits per heavy atom. The smallest absolute Gasteiger partial charge is 0.243 e. The molecule has 0 bridgehead atoms. The zero-order chi connectivity index (χ0) is 16.4. The Kier molecular flexibility index (Phi) is 3.78. The van der Waals surface area contributed by atoms with Crippen LogP contribution in [0.5, 0.6) is 5.75 Å². The van der Waals surface area contributed by atoms with Crippen molar-refractivity contribution >= 4 is 11.8 Å². The van der Waals surface area contributed by atoms with Crippen LogP contribution in [0.15, 0.2) is 59.7 Å². The van der Waals surface area contributed by atoms with Gasteiger partial charge in [0.1, 0.15) is 5.75 Å². The highest BCUT2D eigenvalue weighted by atomic mass is 16.6. The molecule has 5 nitrogen and oxygen atoms in total. The number of hydrogen-bond donors (Lipinski definition) is 0. The van der Waals surface area contributed by atoms with Gasteiger partial charge in [0.15, 0.2) is 0 Å². The molecule has 1 aliphatic heterocycles. The molecule has 0 aliphatic carbocycles. The van der Waals surface area contributed by atoms with Crippen LogP contribution in [0, 0.1) is 0 Å². The molecule has 0 saturated carbocycles. The Morgan fingerprint density at radius 2 is 1.78 bits per heavy atom. The Bertz CT molecular complexity index is 741. The average Bonchev–Trinajstić information content (AvgIpc) is 2.95. The molecular formula is C18H18N2O3. The first-order chi connectivity index (χ1) is 11.0. The monoisotopic (exact) mass is 310 g/mol. The second-order valence-corrected chi connectivity index (χ2v) is 5.42. The van der Waals surface area contributed by atoms with E-state index in [2.05, 4.69) is 5.10 Å². The molecule has 23 heavy (non-hydrogen) atoms. The molecule has 118 valence electrons. The van der Waals surface area contributed by atoms with E-state index in [9.17, 15) is 4.79 Å². The number of hydrazone groups is 1. The van der Waals surface area contributed by atoms with Crippen molar-refractivity contribution in [2.75, 3.05) is 7.11 Å². The maximum Gasteiger partial charge on any atom is 0.243 e. The number of carbonyl (C=O) groups is 1. The summed E-state index contributed by atoms with van der Waals surface area (Å²) in [5.74, 6) is 0.988. The van der Waals surface area contributed by atoms with Crippen LogP contribution in [-0.2, 0) is 15.3 Å². The van der Waals surface area contributed by atoms with Gasteiger partial charge < -0.3 is 9.47 Å². The summed E-state index contributed by atoms with van der Waals surface area (Å²) in [6.45, 7) is 3.30. The molecule has 1 heterocycles. The van der Waals surface area contributed by atoms with E-state index in [0.717, 1.165) is 16.9 Å². The van der Waals surface area contributed by atoms with E-state index >= 15 is 0 Å². The number of rotatable bonds is 3. The lowest BCUT2D eigenvalue weighted by atomic mass is 10.0. The van der Waals surface area contributed by atoms with Crippen LogP contribution in [0.3, 0.4) is 0 Å². The Balaban J connectivity index is 1.99. The summed E-state index contributed by atoms with van der Waals surface area (Å²) in [4.78, 5) is 12.0. The standard InChI is InChI=1S/C18H18N2O3/c1-13(21)20-18(2,15-9-11-16(22-3)12-10-15)23-17(19-20)14-7-5-4-6-8-14/h4-12H,1-3H3/t18-/m0/s1. The molecule has 5 heteroatoms. The quantitative estimate of drug-likeness (QED) is 0.875. The molecule has 0 saturated heterocycles. The van der Waals surface area contributed by atoms with Crippen LogP contribution >= 0.6 is 0 Å². The summed E-state index contributed by atoms with van der Waals surface area (Å²) in [5.41, 5.74) is 0.669. The molecule has 0 N–H and O–H groups in total. The van der Waals surface area contributed by atoms with Gasteiger partial charge in [0.25, 0.3) is 0 Å². The van der Waals surface area contributed by atoms with Gasteiger partial charge in [0, 0.05) is 25.0 Å². The normalized spacial score (nSPS) is 20.0. The topological polar surface area (TPSA) is 51.1 Å². The summed E-state index contributed by atoms with van der Waals surface area (Å²) in [5, 5.41) is 5.75. The zero-order valence-corrected chi connectivity index (χ0v) is 13.3. The SMILES string of the molecule is COc1ccc([C@]2(C)OC(c3ccccc3)=NN2C(C)=O)cc1. The first kappa shape index (κ1) is 15.1. The van der Waals surface area contributed by atoms with Gasteiger partial charge in [0.2, 0.25) is 17.5 Å². The van der Waals surface area contributed by atoms with Gasteiger partial charge in [-0.25, -0.2) is 0 Å². The molecule has 2 aromatic carbocycles. The number of ether oxygens (including phenoxy) is 2. The maximum atomic E-state index is 12.0. The van der Waals surface area contributed by atoms with Crippen molar-refractivity contribution in [2.24, 2.45) is 5.10 Å². The fraction of sp³-hybridized carbons (Fsp3) is 0.222. The van der Waals surface area contributed by atoms with E-state index in [4.69, 9.17) is 9.47 Å². The highest BCUT2D eigenvalue weighted by Gasteiger charge is 2.44. The third-order valence-corrected chi connectivity index (χ3v) is 3.84. The van der Waals surface area contributed by atoms with E-state index in [-0.39, 0.29) is 5.91 Å². The van der Waals surface area contributed by atoms with Gasteiger partial charge in [-0.1, -0.05) is 18.2 Å². The highest BCUT2D eigenvalue weighted by Crippen LogP contribution is 2.37.